The number of anilines is 1. The van der Waals surface area contributed by atoms with Gasteiger partial charge in [-0.05, 0) is 30.2 Å². The van der Waals surface area contributed by atoms with Gasteiger partial charge in [0.2, 0.25) is 5.60 Å². The molecule has 0 fully saturated rings. The van der Waals surface area contributed by atoms with E-state index in [1.165, 1.54) is 12.1 Å². The highest BCUT2D eigenvalue weighted by Crippen LogP contribution is 2.37. The Hall–Kier alpha value is -4.16. The lowest BCUT2D eigenvalue weighted by Crippen LogP contribution is -2.39. The van der Waals surface area contributed by atoms with Crippen molar-refractivity contribution < 1.29 is 28.0 Å². The van der Waals surface area contributed by atoms with Gasteiger partial charge in [0.05, 0.1) is 4.92 Å². The van der Waals surface area contributed by atoms with Crippen LogP contribution < -0.4 is 5.32 Å². The van der Waals surface area contributed by atoms with Crippen LogP contribution in [0.15, 0.2) is 78.9 Å². The summed E-state index contributed by atoms with van der Waals surface area (Å²) >= 11 is 0. The van der Waals surface area contributed by atoms with Crippen molar-refractivity contribution in [3.63, 3.8) is 0 Å². The van der Waals surface area contributed by atoms with Crippen molar-refractivity contribution in [1.82, 2.24) is 0 Å². The Labute approximate surface area is 180 Å². The summed E-state index contributed by atoms with van der Waals surface area (Å²) in [5.41, 5.74) is -4.87. The number of alkyl halides is 3. The molecule has 3 rings (SSSR count). The van der Waals surface area contributed by atoms with Crippen molar-refractivity contribution >= 4 is 17.3 Å². The molecule has 32 heavy (non-hydrogen) atoms. The first-order chi connectivity index (χ1) is 15.1. The number of aliphatic hydroxyl groups is 1. The lowest BCUT2D eigenvalue weighted by atomic mass is 9.92. The smallest absolute Gasteiger partial charge is 0.366 e. The van der Waals surface area contributed by atoms with E-state index in [0.29, 0.717) is 17.7 Å². The SMILES string of the molecule is O=C(Nc1ccc([N+](=O)[O-])c(C(F)(F)F)c1)C(O)(C#Cc1ccccc1)c1ccccc1. The van der Waals surface area contributed by atoms with Crippen LogP contribution in [0, 0.1) is 22.0 Å². The van der Waals surface area contributed by atoms with Gasteiger partial charge in [0.15, 0.2) is 0 Å². The van der Waals surface area contributed by atoms with Gasteiger partial charge in [-0.15, -0.1) is 0 Å². The molecule has 1 amide bonds. The molecule has 3 aromatic rings. The first-order valence-electron chi connectivity index (χ1n) is 9.14. The van der Waals surface area contributed by atoms with Gasteiger partial charge in [0.1, 0.15) is 5.56 Å². The second-order valence-electron chi connectivity index (χ2n) is 6.63. The highest BCUT2D eigenvalue weighted by Gasteiger charge is 2.40. The lowest BCUT2D eigenvalue weighted by molar-refractivity contribution is -0.388. The summed E-state index contributed by atoms with van der Waals surface area (Å²) in [6.45, 7) is 0. The Morgan fingerprint density at radius 1 is 0.969 bits per heavy atom. The number of amides is 1. The number of hydrogen-bond acceptors (Lipinski definition) is 4. The van der Waals surface area contributed by atoms with Gasteiger partial charge < -0.3 is 10.4 Å². The maximum atomic E-state index is 13.2. The third kappa shape index (κ3) is 4.94. The summed E-state index contributed by atoms with van der Waals surface area (Å²) < 4.78 is 39.7. The van der Waals surface area contributed by atoms with E-state index in [0.717, 1.165) is 6.07 Å². The number of nitro groups is 1. The third-order valence-corrected chi connectivity index (χ3v) is 4.44. The molecule has 6 nitrogen and oxygen atoms in total. The molecule has 0 aliphatic heterocycles. The largest absolute Gasteiger partial charge is 0.423 e. The van der Waals surface area contributed by atoms with Crippen molar-refractivity contribution in [3.05, 3.63) is 106 Å². The number of benzene rings is 3. The summed E-state index contributed by atoms with van der Waals surface area (Å²) in [6.07, 6.45) is -5.02. The number of nitrogens with one attached hydrogen (secondary N) is 1. The molecular weight excluding hydrogens is 425 g/mol. The second kappa shape index (κ2) is 8.91. The Morgan fingerprint density at radius 3 is 2.12 bits per heavy atom. The topological polar surface area (TPSA) is 92.5 Å². The summed E-state index contributed by atoms with van der Waals surface area (Å²) in [5.74, 6) is 4.05. The van der Waals surface area contributed by atoms with E-state index < -0.39 is 33.9 Å². The third-order valence-electron chi connectivity index (χ3n) is 4.44. The molecule has 9 heteroatoms. The average Bonchev–Trinajstić information content (AvgIpc) is 2.78. The molecule has 1 unspecified atom stereocenters. The zero-order chi connectivity index (χ0) is 23.4. The number of hydrogen-bond donors (Lipinski definition) is 2. The van der Waals surface area contributed by atoms with Crippen LogP contribution >= 0.6 is 0 Å². The second-order valence-corrected chi connectivity index (χ2v) is 6.63. The Morgan fingerprint density at radius 2 is 1.56 bits per heavy atom. The molecule has 0 aliphatic rings. The predicted molar refractivity (Wildman–Crippen MR) is 110 cm³/mol. The van der Waals surface area contributed by atoms with E-state index in [1.54, 1.807) is 48.5 Å². The molecule has 162 valence electrons. The molecule has 0 aliphatic carbocycles. The number of carbonyl (C=O) groups excluding carboxylic acids is 1. The highest BCUT2D eigenvalue weighted by molar-refractivity contribution is 6.00. The van der Waals surface area contributed by atoms with Gasteiger partial charge in [-0.25, -0.2) is 0 Å². The van der Waals surface area contributed by atoms with Crippen LogP contribution in [0.25, 0.3) is 0 Å². The molecular formula is C23H15F3N2O4. The van der Waals surface area contributed by atoms with E-state index in [1.807, 2.05) is 0 Å². The average molecular weight is 440 g/mol. The Kier molecular flexibility index (Phi) is 6.27. The standard InChI is InChI=1S/C23H15F3N2O4/c24-23(25,26)19-15-18(11-12-20(19)28(31)32)27-21(29)22(30,17-9-5-2-6-10-17)14-13-16-7-3-1-4-8-16/h1-12,15,30H,(H,27,29). The highest BCUT2D eigenvalue weighted by atomic mass is 19.4. The number of carbonyl (C=O) groups is 1. The van der Waals surface area contributed by atoms with Crippen LogP contribution in [0.1, 0.15) is 16.7 Å². The minimum absolute atomic E-state index is 0.0962. The molecule has 0 saturated carbocycles. The predicted octanol–water partition coefficient (Wildman–Crippen LogP) is 4.49. The van der Waals surface area contributed by atoms with Gasteiger partial charge in [-0.2, -0.15) is 13.2 Å². The van der Waals surface area contributed by atoms with Crippen molar-refractivity contribution in [3.8, 4) is 11.8 Å². The van der Waals surface area contributed by atoms with E-state index in [-0.39, 0.29) is 11.3 Å². The summed E-state index contributed by atoms with van der Waals surface area (Å²) in [4.78, 5) is 22.7. The molecule has 3 aromatic carbocycles. The van der Waals surface area contributed by atoms with Crippen LogP contribution in [0.4, 0.5) is 24.5 Å². The minimum Gasteiger partial charge on any atom is -0.366 e. The van der Waals surface area contributed by atoms with E-state index >= 15 is 0 Å². The summed E-state index contributed by atoms with van der Waals surface area (Å²) in [6, 6.07) is 18.2. The fourth-order valence-electron chi connectivity index (χ4n) is 2.85. The molecule has 0 aromatic heterocycles. The minimum atomic E-state index is -5.02. The molecule has 0 saturated heterocycles. The van der Waals surface area contributed by atoms with Crippen molar-refractivity contribution in [2.75, 3.05) is 5.32 Å². The van der Waals surface area contributed by atoms with Crippen LogP contribution in [0.2, 0.25) is 0 Å². The quantitative estimate of drug-likeness (QED) is 0.355. The monoisotopic (exact) mass is 440 g/mol. The van der Waals surface area contributed by atoms with Gasteiger partial charge in [0.25, 0.3) is 11.6 Å². The van der Waals surface area contributed by atoms with Crippen molar-refractivity contribution in [2.24, 2.45) is 0 Å². The number of rotatable bonds is 4. The zero-order valence-corrected chi connectivity index (χ0v) is 16.3. The first kappa shape index (κ1) is 22.5. The van der Waals surface area contributed by atoms with Gasteiger partial charge in [-0.1, -0.05) is 54.5 Å². The number of nitro benzene ring substituents is 1. The van der Waals surface area contributed by atoms with Crippen LogP contribution in [0.5, 0.6) is 0 Å². The van der Waals surface area contributed by atoms with Crippen LogP contribution in [-0.4, -0.2) is 15.9 Å². The lowest BCUT2D eigenvalue weighted by Gasteiger charge is -2.22. The van der Waals surface area contributed by atoms with E-state index in [9.17, 15) is 33.2 Å². The normalized spacial score (nSPS) is 12.8. The molecule has 0 heterocycles. The van der Waals surface area contributed by atoms with Crippen LogP contribution in [0.3, 0.4) is 0 Å². The van der Waals surface area contributed by atoms with Crippen molar-refractivity contribution in [1.29, 1.82) is 0 Å². The fraction of sp³-hybridized carbons (Fsp3) is 0.0870. The van der Waals surface area contributed by atoms with E-state index in [4.69, 9.17) is 0 Å². The molecule has 0 bridgehead atoms. The van der Waals surface area contributed by atoms with Crippen LogP contribution in [-0.2, 0) is 16.6 Å². The first-order valence-corrected chi connectivity index (χ1v) is 9.14. The molecule has 0 spiro atoms. The zero-order valence-electron chi connectivity index (χ0n) is 16.3. The Bertz CT molecular complexity index is 1200. The molecule has 2 N–H and O–H groups in total. The maximum absolute atomic E-state index is 13.2. The van der Waals surface area contributed by atoms with Gasteiger partial charge in [-0.3, -0.25) is 14.9 Å². The number of halogens is 3. The fourth-order valence-corrected chi connectivity index (χ4v) is 2.85. The number of nitrogens with zero attached hydrogens (tertiary/aromatic N) is 1. The summed E-state index contributed by atoms with van der Waals surface area (Å²) in [7, 11) is 0. The maximum Gasteiger partial charge on any atom is 0.423 e. The van der Waals surface area contributed by atoms with E-state index in [2.05, 4.69) is 17.2 Å². The molecule has 1 atom stereocenters. The molecule has 0 radical (unpaired) electrons. The Balaban J connectivity index is 2.02. The van der Waals surface area contributed by atoms with Gasteiger partial charge >= 0.3 is 6.18 Å². The summed E-state index contributed by atoms with van der Waals surface area (Å²) in [5, 5.41) is 24.2. The van der Waals surface area contributed by atoms with Gasteiger partial charge in [0, 0.05) is 22.9 Å². The van der Waals surface area contributed by atoms with Crippen molar-refractivity contribution in [2.45, 2.75) is 11.8 Å².